The van der Waals surface area contributed by atoms with Gasteiger partial charge in [-0.05, 0) is 51.7 Å². The molecule has 1 aliphatic heterocycles. The van der Waals surface area contributed by atoms with Crippen LogP contribution in [-0.4, -0.2) is 35.8 Å². The van der Waals surface area contributed by atoms with E-state index in [1.54, 1.807) is 7.11 Å². The minimum absolute atomic E-state index is 0.0729. The van der Waals surface area contributed by atoms with E-state index in [9.17, 15) is 4.79 Å². The Bertz CT molecular complexity index is 983. The number of carbonyl (C=O) groups excluding carboxylic acids is 1. The standard InChI is InChI=1S/C21H22BrN3O2/c1-27-12-11-24-13-16-9-10-25(14-15-5-4-8-19(24)20(15)16)21(26)23-18-7-3-2-6-17(18)22/h2-8,13H,9-12,14H2,1H3,(H,23,26). The van der Waals surface area contributed by atoms with E-state index in [1.807, 2.05) is 29.2 Å². The Hall–Kier alpha value is -2.31. The molecule has 140 valence electrons. The van der Waals surface area contributed by atoms with Gasteiger partial charge in [0.1, 0.15) is 0 Å². The minimum atomic E-state index is -0.0729. The maximum absolute atomic E-state index is 12.8. The molecule has 0 saturated carbocycles. The fourth-order valence-corrected chi connectivity index (χ4v) is 4.07. The summed E-state index contributed by atoms with van der Waals surface area (Å²) in [5.74, 6) is 0. The molecule has 0 saturated heterocycles. The third-order valence-electron chi connectivity index (χ3n) is 5.02. The van der Waals surface area contributed by atoms with E-state index in [-0.39, 0.29) is 6.03 Å². The SMILES string of the molecule is COCCn1cc2c3c(cccc31)CN(C(=O)Nc1ccccc1Br)CC2. The highest BCUT2D eigenvalue weighted by Crippen LogP contribution is 2.30. The Morgan fingerprint density at radius 3 is 2.85 bits per heavy atom. The van der Waals surface area contributed by atoms with Crippen molar-refractivity contribution < 1.29 is 9.53 Å². The first-order valence-corrected chi connectivity index (χ1v) is 9.85. The molecule has 1 N–H and O–H groups in total. The Morgan fingerprint density at radius 1 is 1.19 bits per heavy atom. The second kappa shape index (κ2) is 7.74. The molecule has 0 unspecified atom stereocenters. The third kappa shape index (κ3) is 3.59. The quantitative estimate of drug-likeness (QED) is 0.658. The summed E-state index contributed by atoms with van der Waals surface area (Å²) in [4.78, 5) is 14.7. The highest BCUT2D eigenvalue weighted by atomic mass is 79.9. The number of hydrogen-bond acceptors (Lipinski definition) is 2. The molecule has 1 aliphatic rings. The van der Waals surface area contributed by atoms with Crippen molar-refractivity contribution in [2.75, 3.05) is 25.6 Å². The lowest BCUT2D eigenvalue weighted by Gasteiger charge is -2.22. The smallest absolute Gasteiger partial charge is 0.322 e. The lowest BCUT2D eigenvalue weighted by atomic mass is 10.1. The third-order valence-corrected chi connectivity index (χ3v) is 5.71. The molecule has 1 aromatic heterocycles. The number of amides is 2. The van der Waals surface area contributed by atoms with Crippen molar-refractivity contribution in [1.82, 2.24) is 9.47 Å². The van der Waals surface area contributed by atoms with Crippen molar-refractivity contribution in [3.63, 3.8) is 0 Å². The van der Waals surface area contributed by atoms with Gasteiger partial charge in [-0.2, -0.15) is 0 Å². The van der Waals surface area contributed by atoms with Crippen molar-refractivity contribution in [3.8, 4) is 0 Å². The summed E-state index contributed by atoms with van der Waals surface area (Å²) >= 11 is 3.49. The number of anilines is 1. The molecule has 0 aliphatic carbocycles. The molecular formula is C21H22BrN3O2. The number of para-hydroxylation sites is 1. The van der Waals surface area contributed by atoms with Crippen LogP contribution in [-0.2, 0) is 24.2 Å². The average molecular weight is 428 g/mol. The molecule has 2 heterocycles. The number of benzene rings is 2. The van der Waals surface area contributed by atoms with Gasteiger partial charge in [-0.15, -0.1) is 0 Å². The highest BCUT2D eigenvalue weighted by Gasteiger charge is 2.22. The Kier molecular flexibility index (Phi) is 5.18. The molecule has 2 amide bonds. The Balaban J connectivity index is 1.59. The number of nitrogens with one attached hydrogen (secondary N) is 1. The zero-order chi connectivity index (χ0) is 18.8. The van der Waals surface area contributed by atoms with E-state index in [0.717, 1.165) is 23.1 Å². The second-order valence-electron chi connectivity index (χ2n) is 6.73. The normalized spacial score (nSPS) is 13.6. The molecule has 6 heteroatoms. The van der Waals surface area contributed by atoms with Crippen LogP contribution in [0.15, 0.2) is 53.1 Å². The first-order chi connectivity index (χ1) is 13.2. The number of ether oxygens (including phenoxy) is 1. The van der Waals surface area contributed by atoms with Crippen LogP contribution in [0.25, 0.3) is 10.9 Å². The van der Waals surface area contributed by atoms with Crippen LogP contribution in [0.2, 0.25) is 0 Å². The van der Waals surface area contributed by atoms with Crippen LogP contribution < -0.4 is 5.32 Å². The molecule has 0 spiro atoms. The van der Waals surface area contributed by atoms with Crippen LogP contribution in [0.3, 0.4) is 0 Å². The van der Waals surface area contributed by atoms with E-state index in [1.165, 1.54) is 22.0 Å². The summed E-state index contributed by atoms with van der Waals surface area (Å²) in [5, 5.41) is 4.30. The molecule has 27 heavy (non-hydrogen) atoms. The van der Waals surface area contributed by atoms with Crippen LogP contribution >= 0.6 is 15.9 Å². The van der Waals surface area contributed by atoms with Gasteiger partial charge < -0.3 is 19.5 Å². The lowest BCUT2D eigenvalue weighted by molar-refractivity contribution is 0.188. The van der Waals surface area contributed by atoms with Gasteiger partial charge in [-0.3, -0.25) is 0 Å². The van der Waals surface area contributed by atoms with E-state index in [4.69, 9.17) is 4.74 Å². The molecule has 0 radical (unpaired) electrons. The summed E-state index contributed by atoms with van der Waals surface area (Å²) in [7, 11) is 1.72. The van der Waals surface area contributed by atoms with Crippen molar-refractivity contribution in [3.05, 3.63) is 64.3 Å². The molecule has 0 bridgehead atoms. The van der Waals surface area contributed by atoms with E-state index >= 15 is 0 Å². The maximum atomic E-state index is 12.8. The van der Waals surface area contributed by atoms with Crippen LogP contribution in [0.4, 0.5) is 10.5 Å². The lowest BCUT2D eigenvalue weighted by Crippen LogP contribution is -2.35. The van der Waals surface area contributed by atoms with E-state index < -0.39 is 0 Å². The second-order valence-corrected chi connectivity index (χ2v) is 7.59. The minimum Gasteiger partial charge on any atom is -0.383 e. The van der Waals surface area contributed by atoms with E-state index in [2.05, 4.69) is 50.2 Å². The molecule has 3 aromatic rings. The van der Waals surface area contributed by atoms with Gasteiger partial charge in [0.05, 0.1) is 12.3 Å². The summed E-state index contributed by atoms with van der Waals surface area (Å²) in [5.41, 5.74) is 4.49. The number of rotatable bonds is 4. The molecule has 4 rings (SSSR count). The van der Waals surface area contributed by atoms with Gasteiger partial charge in [-0.25, -0.2) is 4.79 Å². The van der Waals surface area contributed by atoms with Gasteiger partial charge in [-0.1, -0.05) is 24.3 Å². The zero-order valence-electron chi connectivity index (χ0n) is 15.2. The first-order valence-electron chi connectivity index (χ1n) is 9.06. The Labute approximate surface area is 167 Å². The topological polar surface area (TPSA) is 46.5 Å². The number of hydrogen-bond donors (Lipinski definition) is 1. The first kappa shape index (κ1) is 18.1. The van der Waals surface area contributed by atoms with Crippen molar-refractivity contribution >= 4 is 38.6 Å². The fraction of sp³-hybridized carbons (Fsp3) is 0.286. The summed E-state index contributed by atoms with van der Waals surface area (Å²) in [6.45, 7) is 2.82. The number of methoxy groups -OCH3 is 1. The van der Waals surface area contributed by atoms with Gasteiger partial charge >= 0.3 is 6.03 Å². The van der Waals surface area contributed by atoms with Crippen molar-refractivity contribution in [2.45, 2.75) is 19.5 Å². The average Bonchev–Trinajstić information content (AvgIpc) is 2.92. The fourth-order valence-electron chi connectivity index (χ4n) is 3.69. The predicted octanol–water partition coefficient (Wildman–Crippen LogP) is 4.64. The molecule has 0 fully saturated rings. The number of carbonyl (C=O) groups is 1. The van der Waals surface area contributed by atoms with Gasteiger partial charge in [0, 0.05) is 48.3 Å². The van der Waals surface area contributed by atoms with Crippen LogP contribution in [0.1, 0.15) is 11.1 Å². The van der Waals surface area contributed by atoms with Crippen molar-refractivity contribution in [1.29, 1.82) is 0 Å². The number of aromatic nitrogens is 1. The molecular weight excluding hydrogens is 406 g/mol. The largest absolute Gasteiger partial charge is 0.383 e. The monoisotopic (exact) mass is 427 g/mol. The number of urea groups is 1. The summed E-state index contributed by atoms with van der Waals surface area (Å²) in [6.07, 6.45) is 3.05. The van der Waals surface area contributed by atoms with Crippen LogP contribution in [0, 0.1) is 0 Å². The molecule has 5 nitrogen and oxygen atoms in total. The summed E-state index contributed by atoms with van der Waals surface area (Å²) in [6, 6.07) is 13.9. The highest BCUT2D eigenvalue weighted by molar-refractivity contribution is 9.10. The Morgan fingerprint density at radius 2 is 2.04 bits per heavy atom. The number of nitrogens with zero attached hydrogens (tertiary/aromatic N) is 2. The number of halogens is 1. The summed E-state index contributed by atoms with van der Waals surface area (Å²) < 4.78 is 8.38. The van der Waals surface area contributed by atoms with Crippen LogP contribution in [0.5, 0.6) is 0 Å². The maximum Gasteiger partial charge on any atom is 0.322 e. The van der Waals surface area contributed by atoms with Gasteiger partial charge in [0.25, 0.3) is 0 Å². The molecule has 0 atom stereocenters. The van der Waals surface area contributed by atoms with E-state index in [0.29, 0.717) is 19.7 Å². The van der Waals surface area contributed by atoms with Crippen molar-refractivity contribution in [2.24, 2.45) is 0 Å². The molecule has 2 aromatic carbocycles. The van der Waals surface area contributed by atoms with Gasteiger partial charge in [0.15, 0.2) is 0 Å². The zero-order valence-corrected chi connectivity index (χ0v) is 16.8. The van der Waals surface area contributed by atoms with Gasteiger partial charge in [0.2, 0.25) is 0 Å². The predicted molar refractivity (Wildman–Crippen MR) is 111 cm³/mol.